The molecule has 1 aliphatic rings. The summed E-state index contributed by atoms with van der Waals surface area (Å²) < 4.78 is 33.1. The fraction of sp³-hybridized carbons (Fsp3) is 0.435. The van der Waals surface area contributed by atoms with E-state index in [1.807, 2.05) is 24.3 Å². The summed E-state index contributed by atoms with van der Waals surface area (Å²) >= 11 is 0. The van der Waals surface area contributed by atoms with Crippen LogP contribution in [0.5, 0.6) is 5.75 Å². The summed E-state index contributed by atoms with van der Waals surface area (Å²) in [6, 6.07) is 13.7. The van der Waals surface area contributed by atoms with Crippen LogP contribution in [-0.2, 0) is 16.6 Å². The van der Waals surface area contributed by atoms with E-state index in [-0.39, 0.29) is 16.8 Å². The number of rotatable bonds is 12. The summed E-state index contributed by atoms with van der Waals surface area (Å²) in [5.74, 6) is 0.486. The van der Waals surface area contributed by atoms with E-state index in [2.05, 4.69) is 28.8 Å². The van der Waals surface area contributed by atoms with Gasteiger partial charge in [0.15, 0.2) is 0 Å². The van der Waals surface area contributed by atoms with Crippen LogP contribution in [0.2, 0.25) is 0 Å². The summed E-state index contributed by atoms with van der Waals surface area (Å²) in [7, 11) is -3.52. The molecule has 2 N–H and O–H groups in total. The van der Waals surface area contributed by atoms with Crippen molar-refractivity contribution in [2.75, 3.05) is 26.2 Å². The maximum absolute atomic E-state index is 12.5. The van der Waals surface area contributed by atoms with Crippen molar-refractivity contribution in [3.05, 3.63) is 59.7 Å². The maximum Gasteiger partial charge on any atom is 0.251 e. The Balaban J connectivity index is 1.55. The fourth-order valence-electron chi connectivity index (χ4n) is 3.17. The van der Waals surface area contributed by atoms with Gasteiger partial charge in [-0.1, -0.05) is 32.0 Å². The van der Waals surface area contributed by atoms with Gasteiger partial charge in [-0.15, -0.1) is 0 Å². The second kappa shape index (κ2) is 10.7. The first-order valence-corrected chi connectivity index (χ1v) is 12.2. The summed E-state index contributed by atoms with van der Waals surface area (Å²) in [5.41, 5.74) is 1.30. The third kappa shape index (κ3) is 6.78. The second-order valence-electron chi connectivity index (χ2n) is 7.59. The van der Waals surface area contributed by atoms with Gasteiger partial charge in [-0.3, -0.25) is 4.79 Å². The number of hydrogen-bond acceptors (Lipinski definition) is 5. The Bertz CT molecular complexity index is 969. The van der Waals surface area contributed by atoms with Gasteiger partial charge in [0.1, 0.15) is 12.4 Å². The number of amides is 1. The van der Waals surface area contributed by atoms with Crippen molar-refractivity contribution < 1.29 is 17.9 Å². The Hall–Kier alpha value is -2.42. The van der Waals surface area contributed by atoms with Gasteiger partial charge in [0.25, 0.3) is 5.91 Å². The number of hydrogen-bond donors (Lipinski definition) is 2. The average molecular weight is 446 g/mol. The van der Waals surface area contributed by atoms with Gasteiger partial charge >= 0.3 is 0 Å². The van der Waals surface area contributed by atoms with Crippen LogP contribution in [0.15, 0.2) is 53.4 Å². The first-order valence-electron chi connectivity index (χ1n) is 10.8. The van der Waals surface area contributed by atoms with Crippen molar-refractivity contribution in [2.24, 2.45) is 0 Å². The monoisotopic (exact) mass is 445 g/mol. The lowest BCUT2D eigenvalue weighted by molar-refractivity contribution is 0.0950. The molecule has 1 saturated carbocycles. The first-order chi connectivity index (χ1) is 14.9. The number of benzene rings is 2. The van der Waals surface area contributed by atoms with E-state index in [0.717, 1.165) is 43.8 Å². The molecule has 1 amide bonds. The number of ether oxygens (including phenoxy) is 1. The topological polar surface area (TPSA) is 87.7 Å². The number of para-hydroxylation sites is 1. The van der Waals surface area contributed by atoms with E-state index in [1.165, 1.54) is 24.3 Å². The smallest absolute Gasteiger partial charge is 0.251 e. The molecule has 2 aromatic carbocycles. The highest BCUT2D eigenvalue weighted by atomic mass is 32.2. The maximum atomic E-state index is 12.5. The summed E-state index contributed by atoms with van der Waals surface area (Å²) in [5, 5.41) is 2.88. The molecule has 0 bridgehead atoms. The van der Waals surface area contributed by atoms with Crippen molar-refractivity contribution in [1.29, 1.82) is 0 Å². The first kappa shape index (κ1) is 23.2. The van der Waals surface area contributed by atoms with E-state index in [9.17, 15) is 13.2 Å². The molecule has 3 rings (SSSR count). The van der Waals surface area contributed by atoms with Gasteiger partial charge in [-0.2, -0.15) is 0 Å². The minimum atomic E-state index is -3.52. The van der Waals surface area contributed by atoms with Crippen molar-refractivity contribution in [3.63, 3.8) is 0 Å². The van der Waals surface area contributed by atoms with Gasteiger partial charge in [-0.05, 0) is 56.3 Å². The molecule has 2 aromatic rings. The highest BCUT2D eigenvalue weighted by molar-refractivity contribution is 7.89. The normalized spacial score (nSPS) is 13.9. The molecule has 0 aliphatic heterocycles. The van der Waals surface area contributed by atoms with Crippen LogP contribution in [0.3, 0.4) is 0 Å². The minimum absolute atomic E-state index is 0.0438. The Morgan fingerprint density at radius 2 is 1.74 bits per heavy atom. The molecule has 0 saturated heterocycles. The lowest BCUT2D eigenvalue weighted by Gasteiger charge is -2.19. The SMILES string of the molecule is CCN(CC)CCOc1ccccc1CNC(=O)c1ccc(S(=O)(=O)NC2CC2)cc1. The lowest BCUT2D eigenvalue weighted by Crippen LogP contribution is -2.28. The Morgan fingerprint density at radius 3 is 2.39 bits per heavy atom. The van der Waals surface area contributed by atoms with Crippen LogP contribution in [-0.4, -0.2) is 51.5 Å². The molecule has 0 heterocycles. The van der Waals surface area contributed by atoms with Crippen molar-refractivity contribution in [3.8, 4) is 5.75 Å². The third-order valence-electron chi connectivity index (χ3n) is 5.30. The zero-order valence-electron chi connectivity index (χ0n) is 18.1. The van der Waals surface area contributed by atoms with Gasteiger partial charge in [0, 0.05) is 30.3 Å². The molecular weight excluding hydrogens is 414 g/mol. The summed E-state index contributed by atoms with van der Waals surface area (Å²) in [4.78, 5) is 15.0. The number of likely N-dealkylation sites (N-methyl/N-ethyl adjacent to an activating group) is 1. The molecule has 0 unspecified atom stereocenters. The summed E-state index contributed by atoms with van der Waals surface area (Å²) in [6.07, 6.45) is 1.75. The molecule has 168 valence electrons. The third-order valence-corrected chi connectivity index (χ3v) is 6.83. The van der Waals surface area contributed by atoms with Gasteiger partial charge in [0.05, 0.1) is 4.90 Å². The number of sulfonamides is 1. The van der Waals surface area contributed by atoms with E-state index < -0.39 is 10.0 Å². The molecule has 0 spiro atoms. The van der Waals surface area contributed by atoms with Crippen LogP contribution in [0.25, 0.3) is 0 Å². The van der Waals surface area contributed by atoms with E-state index in [4.69, 9.17) is 4.74 Å². The van der Waals surface area contributed by atoms with Crippen LogP contribution < -0.4 is 14.8 Å². The van der Waals surface area contributed by atoms with Crippen LogP contribution in [0.1, 0.15) is 42.6 Å². The molecule has 8 heteroatoms. The molecule has 0 aromatic heterocycles. The van der Waals surface area contributed by atoms with E-state index in [1.54, 1.807) is 0 Å². The predicted molar refractivity (Wildman–Crippen MR) is 121 cm³/mol. The number of nitrogens with zero attached hydrogens (tertiary/aromatic N) is 1. The van der Waals surface area contributed by atoms with Gasteiger partial charge in [0.2, 0.25) is 10.0 Å². The van der Waals surface area contributed by atoms with Crippen LogP contribution in [0, 0.1) is 0 Å². The fourth-order valence-corrected chi connectivity index (χ4v) is 4.47. The number of carbonyl (C=O) groups excluding carboxylic acids is 1. The van der Waals surface area contributed by atoms with Crippen molar-refractivity contribution in [2.45, 2.75) is 44.2 Å². The zero-order chi connectivity index (χ0) is 22.3. The Morgan fingerprint density at radius 1 is 1.06 bits per heavy atom. The van der Waals surface area contributed by atoms with Crippen LogP contribution >= 0.6 is 0 Å². The second-order valence-corrected chi connectivity index (χ2v) is 9.30. The average Bonchev–Trinajstić information content (AvgIpc) is 3.59. The molecular formula is C23H31N3O4S. The molecule has 0 atom stereocenters. The minimum Gasteiger partial charge on any atom is -0.492 e. The predicted octanol–water partition coefficient (Wildman–Crippen LogP) is 2.78. The highest BCUT2D eigenvalue weighted by Gasteiger charge is 2.27. The van der Waals surface area contributed by atoms with E-state index >= 15 is 0 Å². The Labute approximate surface area is 184 Å². The van der Waals surface area contributed by atoms with Gasteiger partial charge in [-0.25, -0.2) is 13.1 Å². The molecule has 7 nitrogen and oxygen atoms in total. The number of carbonyl (C=O) groups is 1. The zero-order valence-corrected chi connectivity index (χ0v) is 19.0. The Kier molecular flexibility index (Phi) is 8.06. The molecule has 0 radical (unpaired) electrons. The molecule has 1 fully saturated rings. The standard InChI is InChI=1S/C23H31N3O4S/c1-3-26(4-2)15-16-30-22-8-6-5-7-19(22)17-24-23(27)18-9-13-21(14-10-18)31(28,29)25-20-11-12-20/h5-10,13-14,20,25H,3-4,11-12,15-17H2,1-2H3,(H,24,27). The highest BCUT2D eigenvalue weighted by Crippen LogP contribution is 2.22. The van der Waals surface area contributed by atoms with E-state index in [0.29, 0.717) is 18.7 Å². The largest absolute Gasteiger partial charge is 0.492 e. The lowest BCUT2D eigenvalue weighted by atomic mass is 10.1. The quantitative estimate of drug-likeness (QED) is 0.525. The van der Waals surface area contributed by atoms with Crippen molar-refractivity contribution >= 4 is 15.9 Å². The molecule has 1 aliphatic carbocycles. The van der Waals surface area contributed by atoms with Crippen molar-refractivity contribution in [1.82, 2.24) is 14.9 Å². The summed E-state index contributed by atoms with van der Waals surface area (Å²) in [6.45, 7) is 7.96. The molecule has 31 heavy (non-hydrogen) atoms. The number of nitrogens with one attached hydrogen (secondary N) is 2. The van der Waals surface area contributed by atoms with Crippen LogP contribution in [0.4, 0.5) is 0 Å². The van der Waals surface area contributed by atoms with Gasteiger partial charge < -0.3 is 15.0 Å².